The van der Waals surface area contributed by atoms with Gasteiger partial charge in [0.1, 0.15) is 0 Å². The minimum absolute atomic E-state index is 0.452. The number of carbonyl (C=O) groups is 1. The van der Waals surface area contributed by atoms with Gasteiger partial charge in [-0.1, -0.05) is 6.58 Å². The molecule has 0 rings (SSSR count). The van der Waals surface area contributed by atoms with Crippen LogP contribution < -0.4 is 5.48 Å². The van der Waals surface area contributed by atoms with Gasteiger partial charge in [-0.2, -0.15) is 5.48 Å². The predicted molar refractivity (Wildman–Crippen MR) is 49.6 cm³/mol. The molecule has 0 saturated heterocycles. The third-order valence-corrected chi connectivity index (χ3v) is 0.484. The molecule has 0 aromatic rings. The highest BCUT2D eigenvalue weighted by Gasteiger charge is 1.89. The Morgan fingerprint density at radius 3 is 2.25 bits per heavy atom. The van der Waals surface area contributed by atoms with Gasteiger partial charge in [0.2, 0.25) is 0 Å². The number of carbonyl (C=O) groups excluding carboxylic acids is 1. The summed E-state index contributed by atoms with van der Waals surface area (Å²) in [6, 6.07) is 0. The van der Waals surface area contributed by atoms with Crippen molar-refractivity contribution in [2.24, 2.45) is 0 Å². The van der Waals surface area contributed by atoms with Crippen molar-refractivity contribution in [3.8, 4) is 0 Å². The van der Waals surface area contributed by atoms with Gasteiger partial charge in [0, 0.05) is 12.6 Å². The average Bonchev–Trinajstić information content (AvgIpc) is 1.99. The number of nitrogens with one attached hydrogen (secondary N) is 1. The fourth-order valence-corrected chi connectivity index (χ4v) is 0.185. The van der Waals surface area contributed by atoms with Gasteiger partial charge < -0.3 is 9.74 Å². The van der Waals surface area contributed by atoms with Crippen molar-refractivity contribution in [2.45, 2.75) is 6.92 Å². The van der Waals surface area contributed by atoms with Crippen LogP contribution in [-0.4, -0.2) is 38.6 Å². The molecule has 0 radical (unpaired) electrons. The number of hydroxylamine groups is 1. The van der Waals surface area contributed by atoms with Crippen molar-refractivity contribution in [1.82, 2.24) is 10.4 Å². The fourth-order valence-electron chi connectivity index (χ4n) is 0.185. The van der Waals surface area contributed by atoms with Gasteiger partial charge in [-0.3, -0.25) is 0 Å². The van der Waals surface area contributed by atoms with Crippen LogP contribution in [0.25, 0.3) is 0 Å². The summed E-state index contributed by atoms with van der Waals surface area (Å²) >= 11 is 0. The van der Waals surface area contributed by atoms with E-state index in [-0.39, 0.29) is 0 Å². The van der Waals surface area contributed by atoms with Crippen LogP contribution in [0.2, 0.25) is 0 Å². The first-order valence-corrected chi connectivity index (χ1v) is 3.71. The molecule has 12 heavy (non-hydrogen) atoms. The van der Waals surface area contributed by atoms with E-state index in [9.17, 15) is 4.79 Å². The van der Waals surface area contributed by atoms with Gasteiger partial charge in [-0.15, -0.1) is 0 Å². The van der Waals surface area contributed by atoms with Crippen molar-refractivity contribution < 1.29 is 9.63 Å². The molecule has 72 valence electrons. The normalized spacial score (nSPS) is 8.42. The average molecular weight is 174 g/mol. The molecule has 0 aliphatic carbocycles. The van der Waals surface area contributed by atoms with Gasteiger partial charge in [-0.25, -0.2) is 4.79 Å². The number of hydrogen-bond donors (Lipinski definition) is 1. The van der Waals surface area contributed by atoms with E-state index in [4.69, 9.17) is 0 Å². The molecule has 0 heterocycles. The third-order valence-electron chi connectivity index (χ3n) is 0.484. The summed E-state index contributed by atoms with van der Waals surface area (Å²) in [6.45, 7) is 5.64. The first-order valence-electron chi connectivity index (χ1n) is 3.71. The fraction of sp³-hybridized carbons (Fsp3) is 0.625. The summed E-state index contributed by atoms with van der Waals surface area (Å²) in [6.07, 6.45) is 1.10. The largest absolute Gasteiger partial charge is 0.367 e. The van der Waals surface area contributed by atoms with Crippen molar-refractivity contribution >= 4 is 5.97 Å². The molecule has 1 N–H and O–H groups in total. The molecule has 0 unspecified atom stereocenters. The first kappa shape index (κ1) is 13.7. The maximum Gasteiger partial charge on any atom is 0.348 e. The quantitative estimate of drug-likeness (QED) is 0.497. The summed E-state index contributed by atoms with van der Waals surface area (Å²) < 4.78 is 0. The smallest absolute Gasteiger partial charge is 0.348 e. The second-order valence-electron chi connectivity index (χ2n) is 2.46. The number of rotatable bonds is 3. The molecule has 0 amide bonds. The first-order chi connectivity index (χ1) is 5.54. The summed E-state index contributed by atoms with van der Waals surface area (Å²) in [5, 5.41) is 0. The molecule has 0 atom stereocenters. The van der Waals surface area contributed by atoms with Gasteiger partial charge in [-0.05, 0) is 28.1 Å². The predicted octanol–water partition coefficient (Wildman–Crippen LogP) is 0.418. The van der Waals surface area contributed by atoms with Crippen LogP contribution in [-0.2, 0) is 9.63 Å². The molecule has 4 nitrogen and oxygen atoms in total. The Hall–Kier alpha value is -0.870. The molecular weight excluding hydrogens is 156 g/mol. The number of nitrogens with zero attached hydrogens (tertiary/aromatic N) is 1. The maximum absolute atomic E-state index is 10.2. The van der Waals surface area contributed by atoms with Crippen LogP contribution in [0.1, 0.15) is 6.92 Å². The molecular formula is C8H18N2O2. The maximum atomic E-state index is 10.2. The van der Waals surface area contributed by atoms with Gasteiger partial charge in [0.05, 0.1) is 0 Å². The highest BCUT2D eigenvalue weighted by molar-refractivity contribution is 5.80. The molecule has 0 saturated carbocycles. The molecule has 0 bridgehead atoms. The van der Waals surface area contributed by atoms with Crippen molar-refractivity contribution in [3.63, 3.8) is 0 Å². The van der Waals surface area contributed by atoms with Crippen LogP contribution in [0.3, 0.4) is 0 Å². The van der Waals surface area contributed by atoms with Crippen LogP contribution in [0.5, 0.6) is 0 Å². The Kier molecular flexibility index (Phi) is 11.6. The van der Waals surface area contributed by atoms with E-state index in [1.54, 1.807) is 0 Å². The SMILES string of the molecule is C=CC(=O)ONCC.CN(C)C. The standard InChI is InChI=1S/C5H9NO2.C3H9N/c1-3-5(7)8-6-4-2;1-4(2)3/h3,6H,1,4H2,2H3;1-3H3. The summed E-state index contributed by atoms with van der Waals surface area (Å²) in [7, 11) is 6.00. The molecule has 0 aromatic heterocycles. The second kappa shape index (κ2) is 10.1. The highest BCUT2D eigenvalue weighted by Crippen LogP contribution is 1.70. The Bertz CT molecular complexity index is 121. The summed E-state index contributed by atoms with van der Waals surface area (Å²) in [5.74, 6) is -0.452. The van der Waals surface area contributed by atoms with E-state index in [0.717, 1.165) is 6.08 Å². The van der Waals surface area contributed by atoms with Crippen LogP contribution >= 0.6 is 0 Å². The van der Waals surface area contributed by atoms with E-state index in [0.29, 0.717) is 6.54 Å². The van der Waals surface area contributed by atoms with Gasteiger partial charge >= 0.3 is 5.97 Å². The Morgan fingerprint density at radius 2 is 2.00 bits per heavy atom. The summed E-state index contributed by atoms with van der Waals surface area (Å²) in [5.41, 5.74) is 2.38. The van der Waals surface area contributed by atoms with Crippen molar-refractivity contribution in [1.29, 1.82) is 0 Å². The van der Waals surface area contributed by atoms with Crippen LogP contribution in [0.4, 0.5) is 0 Å². The monoisotopic (exact) mass is 174 g/mol. The molecule has 0 aliphatic rings. The Balaban J connectivity index is 0. The Labute approximate surface area is 74.1 Å². The third kappa shape index (κ3) is 22.9. The van der Waals surface area contributed by atoms with Crippen molar-refractivity contribution in [2.75, 3.05) is 27.7 Å². The molecule has 0 aliphatic heterocycles. The van der Waals surface area contributed by atoms with Gasteiger partial charge in [0.25, 0.3) is 0 Å². The van der Waals surface area contributed by atoms with Crippen LogP contribution in [0.15, 0.2) is 12.7 Å². The zero-order chi connectivity index (χ0) is 9.98. The van der Waals surface area contributed by atoms with E-state index in [1.807, 2.05) is 33.0 Å². The molecule has 0 spiro atoms. The summed E-state index contributed by atoms with van der Waals surface area (Å²) in [4.78, 5) is 16.5. The lowest BCUT2D eigenvalue weighted by Crippen LogP contribution is -2.17. The van der Waals surface area contributed by atoms with Crippen molar-refractivity contribution in [3.05, 3.63) is 12.7 Å². The molecule has 0 fully saturated rings. The highest BCUT2D eigenvalue weighted by atomic mass is 16.7. The zero-order valence-electron chi connectivity index (χ0n) is 8.26. The minimum atomic E-state index is -0.452. The topological polar surface area (TPSA) is 41.6 Å². The Morgan fingerprint density at radius 1 is 1.58 bits per heavy atom. The lowest BCUT2D eigenvalue weighted by Gasteiger charge is -1.96. The van der Waals surface area contributed by atoms with E-state index in [2.05, 4.69) is 16.9 Å². The van der Waals surface area contributed by atoms with E-state index >= 15 is 0 Å². The lowest BCUT2D eigenvalue weighted by molar-refractivity contribution is -0.144. The molecule has 0 aromatic carbocycles. The van der Waals surface area contributed by atoms with Gasteiger partial charge in [0.15, 0.2) is 0 Å². The second-order valence-corrected chi connectivity index (χ2v) is 2.46. The van der Waals surface area contributed by atoms with E-state index in [1.165, 1.54) is 0 Å². The van der Waals surface area contributed by atoms with Crippen LogP contribution in [0, 0.1) is 0 Å². The lowest BCUT2D eigenvalue weighted by atomic mass is 10.7. The molecule has 4 heteroatoms. The zero-order valence-corrected chi connectivity index (χ0v) is 8.26. The minimum Gasteiger partial charge on any atom is -0.367 e. The number of hydrogen-bond acceptors (Lipinski definition) is 4. The van der Waals surface area contributed by atoms with E-state index < -0.39 is 5.97 Å².